The number of rotatable bonds is 11. The molecule has 4 aromatic rings. The van der Waals surface area contributed by atoms with E-state index in [0.717, 1.165) is 70.2 Å². The molecule has 0 saturated carbocycles. The highest BCUT2D eigenvalue weighted by atomic mass is 16.3. The smallest absolute Gasteiger partial charge is 0.118 e. The van der Waals surface area contributed by atoms with Crippen molar-refractivity contribution in [1.29, 1.82) is 0 Å². The monoisotopic (exact) mass is 552 g/mol. The Kier molecular flexibility index (Phi) is 9.32. The maximum absolute atomic E-state index is 10.7. The Morgan fingerprint density at radius 1 is 0.512 bits per heavy atom. The number of hydrogen-bond donors (Lipinski definition) is 4. The lowest BCUT2D eigenvalue weighted by Crippen LogP contribution is -2.33. The third kappa shape index (κ3) is 5.93. The van der Waals surface area contributed by atoms with Crippen LogP contribution in [0.4, 0.5) is 0 Å². The number of phenolic OH excluding ortho intramolecular Hbond substituents is 4. The summed E-state index contributed by atoms with van der Waals surface area (Å²) in [6, 6.07) is 23.6. The largest absolute Gasteiger partial charge is 0.508 e. The minimum atomic E-state index is -0.643. The number of hydrogen-bond acceptors (Lipinski definition) is 4. The molecule has 0 aliphatic heterocycles. The molecule has 0 aliphatic rings. The van der Waals surface area contributed by atoms with Gasteiger partial charge in [-0.15, -0.1) is 0 Å². The Labute approximate surface area is 245 Å². The van der Waals surface area contributed by atoms with Crippen LogP contribution in [0.3, 0.4) is 0 Å². The molecule has 0 radical (unpaired) electrons. The van der Waals surface area contributed by atoms with E-state index in [2.05, 4.69) is 45.0 Å². The van der Waals surface area contributed by atoms with Gasteiger partial charge in [-0.3, -0.25) is 0 Å². The van der Waals surface area contributed by atoms with Gasteiger partial charge in [-0.25, -0.2) is 0 Å². The Morgan fingerprint density at radius 3 is 1.24 bits per heavy atom. The van der Waals surface area contributed by atoms with E-state index in [1.807, 2.05) is 38.1 Å². The standard InChI is InChI=1S/C37H44O4/c1-6-10-26-20-28(12-16-34(26)40)36(29-13-17-35(41)27(21-29)11-7-2)37(5,30-14-18-32(38)24(8-3)22-30)31-15-19-33(39)25(9-4)23-31/h12-23,36,38-41H,6-11H2,1-5H3. The van der Waals surface area contributed by atoms with Crippen molar-refractivity contribution >= 4 is 0 Å². The molecule has 0 unspecified atom stereocenters. The fourth-order valence-electron chi connectivity index (χ4n) is 6.25. The van der Waals surface area contributed by atoms with E-state index in [9.17, 15) is 20.4 Å². The van der Waals surface area contributed by atoms with Crippen LogP contribution in [0.5, 0.6) is 23.0 Å². The van der Waals surface area contributed by atoms with Crippen molar-refractivity contribution in [3.05, 3.63) is 117 Å². The lowest BCUT2D eigenvalue weighted by atomic mass is 9.62. The summed E-state index contributed by atoms with van der Waals surface area (Å²) < 4.78 is 0. The average molecular weight is 553 g/mol. The Balaban J connectivity index is 2.12. The van der Waals surface area contributed by atoms with Gasteiger partial charge >= 0.3 is 0 Å². The summed E-state index contributed by atoms with van der Waals surface area (Å²) in [5.41, 5.74) is 7.11. The zero-order valence-corrected chi connectivity index (χ0v) is 25.0. The summed E-state index contributed by atoms with van der Waals surface area (Å²) in [4.78, 5) is 0. The number of phenols is 4. The van der Waals surface area contributed by atoms with Crippen molar-refractivity contribution in [1.82, 2.24) is 0 Å². The Morgan fingerprint density at radius 2 is 0.878 bits per heavy atom. The van der Waals surface area contributed by atoms with Crippen LogP contribution >= 0.6 is 0 Å². The minimum Gasteiger partial charge on any atom is -0.508 e. The molecule has 0 atom stereocenters. The maximum Gasteiger partial charge on any atom is 0.118 e. The van der Waals surface area contributed by atoms with Gasteiger partial charge in [0.05, 0.1) is 0 Å². The molecule has 4 N–H and O–H groups in total. The lowest BCUT2D eigenvalue weighted by molar-refractivity contribution is 0.455. The highest BCUT2D eigenvalue weighted by molar-refractivity contribution is 5.56. The first-order valence-corrected chi connectivity index (χ1v) is 15.0. The highest BCUT2D eigenvalue weighted by Crippen LogP contribution is 2.50. The molecule has 216 valence electrons. The van der Waals surface area contributed by atoms with E-state index in [1.54, 1.807) is 24.3 Å². The first kappa shape index (κ1) is 30.0. The first-order valence-electron chi connectivity index (χ1n) is 15.0. The van der Waals surface area contributed by atoms with Crippen molar-refractivity contribution in [3.8, 4) is 23.0 Å². The minimum absolute atomic E-state index is 0.210. The van der Waals surface area contributed by atoms with Crippen LogP contribution < -0.4 is 0 Å². The second-order valence-corrected chi connectivity index (χ2v) is 11.3. The fraction of sp³-hybridized carbons (Fsp3) is 0.351. The number of aryl methyl sites for hydroxylation is 4. The molecular weight excluding hydrogens is 508 g/mol. The van der Waals surface area contributed by atoms with E-state index in [0.29, 0.717) is 24.3 Å². The van der Waals surface area contributed by atoms with E-state index in [-0.39, 0.29) is 17.4 Å². The van der Waals surface area contributed by atoms with Crippen LogP contribution in [0.2, 0.25) is 0 Å². The topological polar surface area (TPSA) is 80.9 Å². The van der Waals surface area contributed by atoms with Crippen LogP contribution in [0.1, 0.15) is 97.9 Å². The molecule has 0 spiro atoms. The molecule has 4 nitrogen and oxygen atoms in total. The molecular formula is C37H44O4. The van der Waals surface area contributed by atoms with Crippen molar-refractivity contribution in [2.45, 2.75) is 84.5 Å². The van der Waals surface area contributed by atoms with Crippen molar-refractivity contribution in [2.75, 3.05) is 0 Å². The molecule has 4 aromatic carbocycles. The predicted molar refractivity (Wildman–Crippen MR) is 167 cm³/mol. The third-order valence-corrected chi connectivity index (χ3v) is 8.61. The number of aromatic hydroxyl groups is 4. The molecule has 0 heterocycles. The molecule has 0 aliphatic carbocycles. The van der Waals surface area contributed by atoms with Crippen LogP contribution in [-0.2, 0) is 31.1 Å². The lowest BCUT2D eigenvalue weighted by Gasteiger charge is -2.41. The van der Waals surface area contributed by atoms with Gasteiger partial charge in [-0.05, 0) is 94.5 Å². The average Bonchev–Trinajstić information content (AvgIpc) is 2.97. The molecule has 0 aromatic heterocycles. The normalized spacial score (nSPS) is 11.8. The molecule has 4 rings (SSSR count). The van der Waals surface area contributed by atoms with Crippen LogP contribution in [0, 0.1) is 0 Å². The summed E-state index contributed by atoms with van der Waals surface area (Å²) >= 11 is 0. The van der Waals surface area contributed by atoms with Gasteiger partial charge in [-0.2, -0.15) is 0 Å². The quantitative estimate of drug-likeness (QED) is 0.150. The van der Waals surface area contributed by atoms with E-state index < -0.39 is 5.41 Å². The summed E-state index contributed by atoms with van der Waals surface area (Å²) in [5.74, 6) is 0.937. The molecule has 0 saturated heterocycles. The van der Waals surface area contributed by atoms with E-state index in [1.165, 1.54) is 0 Å². The fourth-order valence-corrected chi connectivity index (χ4v) is 6.25. The van der Waals surface area contributed by atoms with Gasteiger partial charge in [0.2, 0.25) is 0 Å². The summed E-state index contributed by atoms with van der Waals surface area (Å²) in [5, 5.41) is 42.7. The summed E-state index contributed by atoms with van der Waals surface area (Å²) in [7, 11) is 0. The summed E-state index contributed by atoms with van der Waals surface area (Å²) in [6.07, 6.45) is 4.73. The zero-order valence-electron chi connectivity index (χ0n) is 25.0. The first-order chi connectivity index (χ1) is 19.7. The predicted octanol–water partition coefficient (Wildman–Crippen LogP) is 8.68. The Bertz CT molecular complexity index is 1390. The molecule has 0 fully saturated rings. The van der Waals surface area contributed by atoms with Crippen LogP contribution in [0.25, 0.3) is 0 Å². The van der Waals surface area contributed by atoms with Crippen molar-refractivity contribution in [3.63, 3.8) is 0 Å². The van der Waals surface area contributed by atoms with Gasteiger partial charge < -0.3 is 20.4 Å². The van der Waals surface area contributed by atoms with Crippen molar-refractivity contribution < 1.29 is 20.4 Å². The molecule has 41 heavy (non-hydrogen) atoms. The maximum atomic E-state index is 10.7. The van der Waals surface area contributed by atoms with Gasteiger partial charge in [0.1, 0.15) is 23.0 Å². The zero-order chi connectivity index (χ0) is 29.7. The van der Waals surface area contributed by atoms with Crippen LogP contribution in [-0.4, -0.2) is 20.4 Å². The molecule has 0 bridgehead atoms. The van der Waals surface area contributed by atoms with E-state index >= 15 is 0 Å². The van der Waals surface area contributed by atoms with Gasteiger partial charge in [0.15, 0.2) is 0 Å². The van der Waals surface area contributed by atoms with Crippen LogP contribution in [0.15, 0.2) is 72.8 Å². The molecule has 0 amide bonds. The number of benzene rings is 4. The van der Waals surface area contributed by atoms with E-state index in [4.69, 9.17) is 0 Å². The third-order valence-electron chi connectivity index (χ3n) is 8.61. The Hall–Kier alpha value is -3.92. The second-order valence-electron chi connectivity index (χ2n) is 11.3. The van der Waals surface area contributed by atoms with Gasteiger partial charge in [0, 0.05) is 11.3 Å². The highest BCUT2D eigenvalue weighted by Gasteiger charge is 2.41. The molecule has 4 heteroatoms. The van der Waals surface area contributed by atoms with Gasteiger partial charge in [0.25, 0.3) is 0 Å². The van der Waals surface area contributed by atoms with Crippen molar-refractivity contribution in [2.24, 2.45) is 0 Å². The van der Waals surface area contributed by atoms with Gasteiger partial charge in [-0.1, -0.05) is 96.0 Å². The second kappa shape index (κ2) is 12.7. The summed E-state index contributed by atoms with van der Waals surface area (Å²) in [6.45, 7) is 10.5. The SMILES string of the molecule is CCCc1cc(C(c2ccc(O)c(CCC)c2)C(C)(c2ccc(O)c(CC)c2)c2ccc(O)c(CC)c2)ccc1O.